The third kappa shape index (κ3) is 3.30. The lowest BCUT2D eigenvalue weighted by molar-refractivity contribution is 0.0917. The molecule has 0 unspecified atom stereocenters. The van der Waals surface area contributed by atoms with Crippen molar-refractivity contribution in [3.63, 3.8) is 0 Å². The summed E-state index contributed by atoms with van der Waals surface area (Å²) in [5.74, 6) is -0.292. The normalized spacial score (nSPS) is 12.2. The summed E-state index contributed by atoms with van der Waals surface area (Å²) in [4.78, 5) is 15.5. The summed E-state index contributed by atoms with van der Waals surface area (Å²) in [6, 6.07) is 3.10. The lowest BCUT2D eigenvalue weighted by Gasteiger charge is -2.10. The zero-order valence-corrected chi connectivity index (χ0v) is 8.60. The second-order valence-corrected chi connectivity index (χ2v) is 3.31. The van der Waals surface area contributed by atoms with Crippen LogP contribution in [0.5, 0.6) is 0 Å². The summed E-state index contributed by atoms with van der Waals surface area (Å²) in [7, 11) is 0. The molecule has 82 valence electrons. The number of aromatic nitrogens is 1. The monoisotopic (exact) mass is 209 g/mol. The van der Waals surface area contributed by atoms with E-state index in [0.717, 1.165) is 5.56 Å². The molecule has 0 bridgehead atoms. The maximum Gasteiger partial charge on any atom is 0.270 e. The van der Waals surface area contributed by atoms with Crippen molar-refractivity contribution in [3.8, 4) is 0 Å². The van der Waals surface area contributed by atoms with Crippen molar-refractivity contribution in [2.45, 2.75) is 19.5 Å². The Bertz CT molecular complexity index is 324. The highest BCUT2D eigenvalue weighted by atomic mass is 16.3. The van der Waals surface area contributed by atoms with Gasteiger partial charge in [-0.15, -0.1) is 0 Å². The van der Waals surface area contributed by atoms with E-state index in [2.05, 4.69) is 10.3 Å². The zero-order chi connectivity index (χ0) is 11.3. The van der Waals surface area contributed by atoms with Gasteiger partial charge in [-0.05, 0) is 18.6 Å². The van der Waals surface area contributed by atoms with E-state index in [9.17, 15) is 4.79 Å². The number of carbonyl (C=O) groups is 1. The average Bonchev–Trinajstić information content (AvgIpc) is 2.29. The van der Waals surface area contributed by atoms with Gasteiger partial charge in [-0.1, -0.05) is 6.07 Å². The number of pyridine rings is 1. The van der Waals surface area contributed by atoms with Crippen LogP contribution in [0.4, 0.5) is 0 Å². The fraction of sp³-hybridized carbons (Fsp3) is 0.400. The Morgan fingerprint density at radius 3 is 2.87 bits per heavy atom. The maximum atomic E-state index is 11.5. The van der Waals surface area contributed by atoms with Crippen LogP contribution >= 0.6 is 0 Å². The number of carbonyl (C=O) groups excluding carboxylic acids is 1. The number of aliphatic hydroxyl groups excluding tert-OH is 1. The quantitative estimate of drug-likeness (QED) is 0.632. The molecule has 0 saturated carbocycles. The minimum atomic E-state index is -0.292. The van der Waals surface area contributed by atoms with Gasteiger partial charge >= 0.3 is 0 Å². The first-order chi connectivity index (χ1) is 7.17. The van der Waals surface area contributed by atoms with Gasteiger partial charge in [0.25, 0.3) is 5.91 Å². The lowest BCUT2D eigenvalue weighted by atomic mass is 10.2. The van der Waals surface area contributed by atoms with Gasteiger partial charge in [0.05, 0.1) is 6.61 Å². The van der Waals surface area contributed by atoms with Crippen LogP contribution in [0.15, 0.2) is 18.3 Å². The summed E-state index contributed by atoms with van der Waals surface area (Å²) in [6.07, 6.45) is 1.57. The Balaban J connectivity index is 2.66. The van der Waals surface area contributed by atoms with Gasteiger partial charge in [0, 0.05) is 18.8 Å². The molecule has 0 spiro atoms. The summed E-state index contributed by atoms with van der Waals surface area (Å²) in [5, 5.41) is 11.4. The van der Waals surface area contributed by atoms with Gasteiger partial charge in [-0.3, -0.25) is 9.78 Å². The van der Waals surface area contributed by atoms with Crippen molar-refractivity contribution in [2.75, 3.05) is 6.61 Å². The van der Waals surface area contributed by atoms with Crippen LogP contribution in [0.1, 0.15) is 23.0 Å². The molecule has 0 radical (unpaired) electrons. The van der Waals surface area contributed by atoms with E-state index < -0.39 is 0 Å². The molecule has 5 heteroatoms. The third-order valence-corrected chi connectivity index (χ3v) is 1.94. The predicted molar refractivity (Wildman–Crippen MR) is 56.1 cm³/mol. The number of amides is 1. The smallest absolute Gasteiger partial charge is 0.270 e. The van der Waals surface area contributed by atoms with Crippen LogP contribution < -0.4 is 11.1 Å². The fourth-order valence-corrected chi connectivity index (χ4v) is 1.02. The van der Waals surface area contributed by atoms with E-state index >= 15 is 0 Å². The molecule has 0 saturated heterocycles. The molecule has 0 aromatic carbocycles. The van der Waals surface area contributed by atoms with E-state index in [1.54, 1.807) is 25.3 Å². The Morgan fingerprint density at radius 2 is 2.40 bits per heavy atom. The standard InChI is InChI=1S/C10H15N3O2/c1-7(6-14)13-10(15)9-3-2-8(4-11)5-12-9/h2-3,5,7,14H,4,6,11H2,1H3,(H,13,15)/t7-/m1/s1. The molecule has 1 amide bonds. The highest BCUT2D eigenvalue weighted by molar-refractivity contribution is 5.92. The molecule has 0 fully saturated rings. The molecule has 5 nitrogen and oxygen atoms in total. The number of rotatable bonds is 4. The maximum absolute atomic E-state index is 11.5. The first kappa shape index (κ1) is 11.6. The fourth-order valence-electron chi connectivity index (χ4n) is 1.02. The largest absolute Gasteiger partial charge is 0.394 e. The minimum absolute atomic E-state index is 0.0907. The summed E-state index contributed by atoms with van der Waals surface area (Å²) < 4.78 is 0. The van der Waals surface area contributed by atoms with Crippen LogP contribution in [0.25, 0.3) is 0 Å². The molecule has 1 aromatic heterocycles. The molecular formula is C10H15N3O2. The van der Waals surface area contributed by atoms with E-state index in [1.165, 1.54) is 0 Å². The van der Waals surface area contributed by atoms with Gasteiger partial charge in [0.2, 0.25) is 0 Å². The van der Waals surface area contributed by atoms with Crippen molar-refractivity contribution < 1.29 is 9.90 Å². The van der Waals surface area contributed by atoms with E-state index in [4.69, 9.17) is 10.8 Å². The SMILES string of the molecule is C[C@H](CO)NC(=O)c1ccc(CN)cn1. The molecular weight excluding hydrogens is 194 g/mol. The Hall–Kier alpha value is -1.46. The molecule has 1 aromatic rings. The van der Waals surface area contributed by atoms with Crippen LogP contribution in [-0.2, 0) is 6.54 Å². The Labute approximate surface area is 88.3 Å². The van der Waals surface area contributed by atoms with Crippen molar-refractivity contribution >= 4 is 5.91 Å². The highest BCUT2D eigenvalue weighted by Crippen LogP contribution is 1.99. The molecule has 4 N–H and O–H groups in total. The van der Waals surface area contributed by atoms with E-state index in [0.29, 0.717) is 12.2 Å². The number of hydrogen-bond acceptors (Lipinski definition) is 4. The van der Waals surface area contributed by atoms with E-state index in [1.807, 2.05) is 0 Å². The molecule has 0 aliphatic heterocycles. The van der Waals surface area contributed by atoms with Gasteiger partial charge in [0.1, 0.15) is 5.69 Å². The van der Waals surface area contributed by atoms with Crippen LogP contribution in [-0.4, -0.2) is 28.6 Å². The second kappa shape index (κ2) is 5.43. The van der Waals surface area contributed by atoms with Crippen molar-refractivity contribution in [2.24, 2.45) is 5.73 Å². The summed E-state index contributed by atoms with van der Waals surface area (Å²) >= 11 is 0. The van der Waals surface area contributed by atoms with Crippen LogP contribution in [0.3, 0.4) is 0 Å². The van der Waals surface area contributed by atoms with Crippen LogP contribution in [0, 0.1) is 0 Å². The predicted octanol–water partition coefficient (Wildman–Crippen LogP) is -0.349. The van der Waals surface area contributed by atoms with Gasteiger partial charge in [-0.25, -0.2) is 0 Å². The molecule has 0 aliphatic carbocycles. The Morgan fingerprint density at radius 1 is 1.67 bits per heavy atom. The minimum Gasteiger partial charge on any atom is -0.394 e. The third-order valence-electron chi connectivity index (χ3n) is 1.94. The first-order valence-corrected chi connectivity index (χ1v) is 4.74. The summed E-state index contributed by atoms with van der Waals surface area (Å²) in [5.41, 5.74) is 6.61. The van der Waals surface area contributed by atoms with Crippen LogP contribution in [0.2, 0.25) is 0 Å². The molecule has 15 heavy (non-hydrogen) atoms. The Kier molecular flexibility index (Phi) is 4.20. The number of hydrogen-bond donors (Lipinski definition) is 3. The van der Waals surface area contributed by atoms with Gasteiger partial charge < -0.3 is 16.2 Å². The molecule has 1 heterocycles. The topological polar surface area (TPSA) is 88.2 Å². The van der Waals surface area contributed by atoms with E-state index in [-0.39, 0.29) is 18.6 Å². The molecule has 1 rings (SSSR count). The lowest BCUT2D eigenvalue weighted by Crippen LogP contribution is -2.35. The average molecular weight is 209 g/mol. The number of nitrogens with zero attached hydrogens (tertiary/aromatic N) is 1. The van der Waals surface area contributed by atoms with Crippen molar-refractivity contribution in [1.82, 2.24) is 10.3 Å². The number of nitrogens with one attached hydrogen (secondary N) is 1. The van der Waals surface area contributed by atoms with Crippen molar-refractivity contribution in [1.29, 1.82) is 0 Å². The van der Waals surface area contributed by atoms with Gasteiger partial charge in [0.15, 0.2) is 0 Å². The van der Waals surface area contributed by atoms with Crippen molar-refractivity contribution in [3.05, 3.63) is 29.6 Å². The van der Waals surface area contributed by atoms with Gasteiger partial charge in [-0.2, -0.15) is 0 Å². The second-order valence-electron chi connectivity index (χ2n) is 3.31. The highest BCUT2D eigenvalue weighted by Gasteiger charge is 2.09. The summed E-state index contributed by atoms with van der Waals surface area (Å²) in [6.45, 7) is 2.03. The number of aliphatic hydroxyl groups is 1. The molecule has 0 aliphatic rings. The number of nitrogens with two attached hydrogens (primary N) is 1. The molecule has 1 atom stereocenters. The first-order valence-electron chi connectivity index (χ1n) is 4.74. The zero-order valence-electron chi connectivity index (χ0n) is 8.60.